The van der Waals surface area contributed by atoms with E-state index in [9.17, 15) is 9.59 Å². The quantitative estimate of drug-likeness (QED) is 0.528. The van der Waals surface area contributed by atoms with Gasteiger partial charge >= 0.3 is 5.63 Å². The molecule has 2 aromatic carbocycles. The maximum absolute atomic E-state index is 13.0. The Kier molecular flexibility index (Phi) is 6.20. The van der Waals surface area contributed by atoms with Crippen molar-refractivity contribution in [3.8, 4) is 5.75 Å². The zero-order chi connectivity index (χ0) is 21.1. The summed E-state index contributed by atoms with van der Waals surface area (Å²) in [5.74, 6) is 0.190. The SMILES string of the molecule is CCOc1cc(Br)cc2cc(C(=O)N3CCN(Cc4ccccc4)CC3)c(=O)oc12. The molecule has 30 heavy (non-hydrogen) atoms. The summed E-state index contributed by atoms with van der Waals surface area (Å²) in [5.41, 5.74) is 1.03. The van der Waals surface area contributed by atoms with Crippen molar-refractivity contribution in [3.63, 3.8) is 0 Å². The zero-order valence-electron chi connectivity index (χ0n) is 16.8. The van der Waals surface area contributed by atoms with Crippen LogP contribution in [0.2, 0.25) is 0 Å². The number of benzene rings is 2. The molecule has 0 unspecified atom stereocenters. The van der Waals surface area contributed by atoms with Crippen LogP contribution in [0.3, 0.4) is 0 Å². The minimum absolute atomic E-state index is 0.0551. The Morgan fingerprint density at radius 1 is 1.10 bits per heavy atom. The maximum atomic E-state index is 13.0. The van der Waals surface area contributed by atoms with Gasteiger partial charge in [0.25, 0.3) is 5.91 Å². The summed E-state index contributed by atoms with van der Waals surface area (Å²) in [6, 6.07) is 15.4. The van der Waals surface area contributed by atoms with Gasteiger partial charge in [0, 0.05) is 42.6 Å². The lowest BCUT2D eigenvalue weighted by Gasteiger charge is -2.34. The third kappa shape index (κ3) is 4.42. The number of hydrogen-bond donors (Lipinski definition) is 0. The van der Waals surface area contributed by atoms with E-state index in [2.05, 4.69) is 33.0 Å². The van der Waals surface area contributed by atoms with Gasteiger partial charge in [-0.1, -0.05) is 46.3 Å². The van der Waals surface area contributed by atoms with E-state index in [1.165, 1.54) is 5.56 Å². The molecule has 1 aliphatic rings. The van der Waals surface area contributed by atoms with E-state index < -0.39 is 5.63 Å². The molecule has 4 rings (SSSR count). The predicted molar refractivity (Wildman–Crippen MR) is 119 cm³/mol. The summed E-state index contributed by atoms with van der Waals surface area (Å²) in [6.45, 7) is 5.84. The fourth-order valence-corrected chi connectivity index (χ4v) is 4.15. The molecular formula is C23H23BrN2O4. The highest BCUT2D eigenvalue weighted by Gasteiger charge is 2.25. The number of rotatable bonds is 5. The molecule has 0 N–H and O–H groups in total. The summed E-state index contributed by atoms with van der Waals surface area (Å²) in [5, 5.41) is 0.651. The third-order valence-electron chi connectivity index (χ3n) is 5.20. The molecule has 0 saturated carbocycles. The summed E-state index contributed by atoms with van der Waals surface area (Å²) in [4.78, 5) is 29.6. The second kappa shape index (κ2) is 9.02. The summed E-state index contributed by atoms with van der Waals surface area (Å²) < 4.78 is 11.8. The van der Waals surface area contributed by atoms with Crippen LogP contribution in [0.5, 0.6) is 5.75 Å². The van der Waals surface area contributed by atoms with E-state index in [0.717, 1.165) is 24.1 Å². The average molecular weight is 471 g/mol. The van der Waals surface area contributed by atoms with Gasteiger partial charge < -0.3 is 14.1 Å². The smallest absolute Gasteiger partial charge is 0.349 e. The topological polar surface area (TPSA) is 63.0 Å². The molecule has 1 aliphatic heterocycles. The molecule has 1 fully saturated rings. The molecule has 0 radical (unpaired) electrons. The minimum Gasteiger partial charge on any atom is -0.490 e. The first-order valence-corrected chi connectivity index (χ1v) is 10.8. The molecule has 3 aromatic rings. The van der Waals surface area contributed by atoms with Gasteiger partial charge in [0.15, 0.2) is 11.3 Å². The third-order valence-corrected chi connectivity index (χ3v) is 5.66. The second-order valence-corrected chi connectivity index (χ2v) is 8.17. The van der Waals surface area contributed by atoms with Gasteiger partial charge in [-0.2, -0.15) is 0 Å². The van der Waals surface area contributed by atoms with E-state index in [1.54, 1.807) is 17.0 Å². The number of piperazine rings is 1. The Morgan fingerprint density at radius 3 is 2.53 bits per heavy atom. The second-order valence-electron chi connectivity index (χ2n) is 7.26. The van der Waals surface area contributed by atoms with Gasteiger partial charge in [-0.25, -0.2) is 4.79 Å². The Bertz CT molecular complexity index is 1110. The van der Waals surface area contributed by atoms with Gasteiger partial charge in [-0.05, 0) is 30.7 Å². The average Bonchev–Trinajstić information content (AvgIpc) is 2.75. The number of amides is 1. The molecule has 1 amide bonds. The van der Waals surface area contributed by atoms with Crippen molar-refractivity contribution in [1.29, 1.82) is 0 Å². The van der Waals surface area contributed by atoms with Crippen molar-refractivity contribution in [2.75, 3.05) is 32.8 Å². The van der Waals surface area contributed by atoms with Gasteiger partial charge in [0.2, 0.25) is 0 Å². The standard InChI is InChI=1S/C23H23BrN2O4/c1-2-29-20-14-18(24)12-17-13-19(23(28)30-21(17)20)22(27)26-10-8-25(9-11-26)15-16-6-4-3-5-7-16/h3-7,12-14H,2,8-11,15H2,1H3. The molecular weight excluding hydrogens is 448 g/mol. The van der Waals surface area contributed by atoms with Crippen molar-refractivity contribution in [2.45, 2.75) is 13.5 Å². The number of halogens is 1. The molecule has 6 nitrogen and oxygen atoms in total. The lowest BCUT2D eigenvalue weighted by Crippen LogP contribution is -2.49. The van der Waals surface area contributed by atoms with Crippen molar-refractivity contribution >= 4 is 32.8 Å². The summed E-state index contributed by atoms with van der Waals surface area (Å²) in [7, 11) is 0. The molecule has 0 aliphatic carbocycles. The minimum atomic E-state index is -0.637. The predicted octanol–water partition coefficient (Wildman–Crippen LogP) is 3.91. The van der Waals surface area contributed by atoms with Gasteiger partial charge in [0.05, 0.1) is 6.61 Å². The zero-order valence-corrected chi connectivity index (χ0v) is 18.4. The lowest BCUT2D eigenvalue weighted by atomic mass is 10.1. The Hall–Kier alpha value is -2.64. The molecule has 156 valence electrons. The Balaban J connectivity index is 1.51. The highest BCUT2D eigenvalue weighted by atomic mass is 79.9. The Labute approximate surface area is 183 Å². The largest absolute Gasteiger partial charge is 0.490 e. The van der Waals surface area contributed by atoms with Crippen LogP contribution in [0, 0.1) is 0 Å². The number of nitrogens with zero attached hydrogens (tertiary/aromatic N) is 2. The number of ether oxygens (including phenoxy) is 1. The maximum Gasteiger partial charge on any atom is 0.349 e. The van der Waals surface area contributed by atoms with E-state index in [1.807, 2.05) is 31.2 Å². The van der Waals surface area contributed by atoms with E-state index in [4.69, 9.17) is 9.15 Å². The van der Waals surface area contributed by atoms with Crippen LogP contribution >= 0.6 is 15.9 Å². The monoisotopic (exact) mass is 470 g/mol. The molecule has 1 saturated heterocycles. The van der Waals surface area contributed by atoms with Crippen LogP contribution < -0.4 is 10.4 Å². The molecule has 7 heteroatoms. The molecule has 0 atom stereocenters. The van der Waals surface area contributed by atoms with Gasteiger partial charge in [-0.3, -0.25) is 9.69 Å². The van der Waals surface area contributed by atoms with Crippen LogP contribution in [0.15, 0.2) is 62.2 Å². The van der Waals surface area contributed by atoms with Crippen LogP contribution in [0.25, 0.3) is 11.0 Å². The fourth-order valence-electron chi connectivity index (χ4n) is 3.70. The molecule has 0 spiro atoms. The lowest BCUT2D eigenvalue weighted by molar-refractivity contribution is 0.0624. The number of fused-ring (bicyclic) bond motifs is 1. The number of carbonyl (C=O) groups is 1. The van der Waals surface area contributed by atoms with E-state index in [0.29, 0.717) is 36.4 Å². The van der Waals surface area contributed by atoms with Gasteiger partial charge in [0.1, 0.15) is 5.56 Å². The van der Waals surface area contributed by atoms with Crippen LogP contribution in [-0.2, 0) is 6.54 Å². The highest BCUT2D eigenvalue weighted by Crippen LogP contribution is 2.30. The van der Waals surface area contributed by atoms with Crippen LogP contribution in [-0.4, -0.2) is 48.5 Å². The van der Waals surface area contributed by atoms with Crippen molar-refractivity contribution in [1.82, 2.24) is 9.80 Å². The molecule has 2 heterocycles. The Morgan fingerprint density at radius 2 is 1.83 bits per heavy atom. The summed E-state index contributed by atoms with van der Waals surface area (Å²) >= 11 is 3.44. The summed E-state index contributed by atoms with van der Waals surface area (Å²) in [6.07, 6.45) is 0. The highest BCUT2D eigenvalue weighted by molar-refractivity contribution is 9.10. The van der Waals surface area contributed by atoms with E-state index in [-0.39, 0.29) is 11.5 Å². The first-order valence-electron chi connectivity index (χ1n) is 10.0. The molecule has 1 aromatic heterocycles. The fraction of sp³-hybridized carbons (Fsp3) is 0.304. The van der Waals surface area contributed by atoms with Crippen LogP contribution in [0.1, 0.15) is 22.8 Å². The first kappa shape index (κ1) is 20.6. The van der Waals surface area contributed by atoms with Crippen LogP contribution in [0.4, 0.5) is 0 Å². The van der Waals surface area contributed by atoms with Crippen molar-refractivity contribution in [2.24, 2.45) is 0 Å². The van der Waals surface area contributed by atoms with Crippen molar-refractivity contribution < 1.29 is 13.9 Å². The normalized spacial score (nSPS) is 14.8. The van der Waals surface area contributed by atoms with Crippen molar-refractivity contribution in [3.05, 3.63) is 74.6 Å². The molecule has 0 bridgehead atoms. The van der Waals surface area contributed by atoms with Gasteiger partial charge in [-0.15, -0.1) is 0 Å². The first-order chi connectivity index (χ1) is 14.5. The van der Waals surface area contributed by atoms with E-state index >= 15 is 0 Å². The number of carbonyl (C=O) groups excluding carboxylic acids is 1. The number of hydrogen-bond acceptors (Lipinski definition) is 5.